The van der Waals surface area contributed by atoms with E-state index < -0.39 is 5.97 Å². The van der Waals surface area contributed by atoms with Gasteiger partial charge in [0.1, 0.15) is 17.5 Å². The molecule has 2 rings (SSSR count). The lowest BCUT2D eigenvalue weighted by Crippen LogP contribution is -2.08. The molecule has 7 nitrogen and oxygen atoms in total. The van der Waals surface area contributed by atoms with Crippen molar-refractivity contribution in [1.29, 1.82) is 5.26 Å². The summed E-state index contributed by atoms with van der Waals surface area (Å²) in [7, 11) is 1.55. The van der Waals surface area contributed by atoms with Gasteiger partial charge < -0.3 is 20.3 Å². The second-order valence-corrected chi connectivity index (χ2v) is 7.04. The van der Waals surface area contributed by atoms with Crippen molar-refractivity contribution in [3.05, 3.63) is 35.5 Å². The molecule has 0 amide bonds. The number of carbonyl (C=O) groups is 1. The zero-order valence-corrected chi connectivity index (χ0v) is 16.5. The standard InChI is InChI=1S/C21H25N3O4/c1-12(2)11-28-18-6-5-14(8-19(18)27-4)15-9-17(13(3)7-20(25)26)24-21(23)16(15)10-22/h5-6,8-9,12-13H,7,11H2,1-4H3,(H2,23,24)(H,25,26). The van der Waals surface area contributed by atoms with E-state index in [1.54, 1.807) is 32.2 Å². The van der Waals surface area contributed by atoms with Crippen LogP contribution < -0.4 is 15.2 Å². The van der Waals surface area contributed by atoms with E-state index in [1.165, 1.54) is 0 Å². The van der Waals surface area contributed by atoms with Crippen LogP contribution in [0, 0.1) is 17.2 Å². The average molecular weight is 383 g/mol. The predicted molar refractivity (Wildman–Crippen MR) is 106 cm³/mol. The Balaban J connectivity index is 2.52. The van der Waals surface area contributed by atoms with Gasteiger partial charge in [0.25, 0.3) is 0 Å². The summed E-state index contributed by atoms with van der Waals surface area (Å²) >= 11 is 0. The Labute approximate surface area is 164 Å². The molecule has 1 unspecified atom stereocenters. The molecule has 0 aliphatic carbocycles. The molecule has 0 bridgehead atoms. The molecule has 0 spiro atoms. The zero-order valence-electron chi connectivity index (χ0n) is 16.5. The number of hydrogen-bond acceptors (Lipinski definition) is 6. The van der Waals surface area contributed by atoms with Gasteiger partial charge in [0.05, 0.1) is 20.1 Å². The highest BCUT2D eigenvalue weighted by Crippen LogP contribution is 2.36. The first-order valence-corrected chi connectivity index (χ1v) is 9.00. The Morgan fingerprint density at radius 1 is 1.29 bits per heavy atom. The van der Waals surface area contributed by atoms with E-state index in [-0.39, 0.29) is 23.7 Å². The van der Waals surface area contributed by atoms with Crippen molar-refractivity contribution < 1.29 is 19.4 Å². The molecule has 0 fully saturated rings. The molecule has 0 saturated carbocycles. The third-order valence-electron chi connectivity index (χ3n) is 4.21. The predicted octanol–water partition coefficient (Wildman–Crippen LogP) is 3.82. The molecule has 1 atom stereocenters. The normalized spacial score (nSPS) is 11.7. The first kappa shape index (κ1) is 21.0. The molecular formula is C21H25N3O4. The number of hydrogen-bond donors (Lipinski definition) is 2. The molecule has 1 aromatic heterocycles. The molecule has 3 N–H and O–H groups in total. The second-order valence-electron chi connectivity index (χ2n) is 7.04. The SMILES string of the molecule is COc1cc(-c2cc(C(C)CC(=O)O)nc(N)c2C#N)ccc1OCC(C)C. The van der Waals surface area contributed by atoms with Gasteiger partial charge in [-0.3, -0.25) is 4.79 Å². The highest BCUT2D eigenvalue weighted by atomic mass is 16.5. The van der Waals surface area contributed by atoms with E-state index in [0.717, 1.165) is 0 Å². The molecule has 2 aromatic rings. The van der Waals surface area contributed by atoms with Crippen LogP contribution in [0.25, 0.3) is 11.1 Å². The number of anilines is 1. The van der Waals surface area contributed by atoms with Crippen LogP contribution in [0.15, 0.2) is 24.3 Å². The topological polar surface area (TPSA) is 118 Å². The van der Waals surface area contributed by atoms with Crippen LogP contribution in [0.4, 0.5) is 5.82 Å². The molecule has 0 radical (unpaired) electrons. The maximum atomic E-state index is 11.0. The van der Waals surface area contributed by atoms with Gasteiger partial charge in [0.2, 0.25) is 0 Å². The highest BCUT2D eigenvalue weighted by Gasteiger charge is 2.19. The van der Waals surface area contributed by atoms with Crippen LogP contribution in [0.5, 0.6) is 11.5 Å². The number of nitriles is 1. The first-order chi connectivity index (χ1) is 13.3. The third kappa shape index (κ3) is 4.92. The number of pyridine rings is 1. The van der Waals surface area contributed by atoms with Gasteiger partial charge >= 0.3 is 5.97 Å². The van der Waals surface area contributed by atoms with E-state index in [1.807, 2.05) is 6.07 Å². The van der Waals surface area contributed by atoms with Gasteiger partial charge in [-0.05, 0) is 29.7 Å². The van der Waals surface area contributed by atoms with Crippen LogP contribution in [-0.2, 0) is 4.79 Å². The average Bonchev–Trinajstić information content (AvgIpc) is 2.64. The smallest absolute Gasteiger partial charge is 0.304 e. The van der Waals surface area contributed by atoms with Crippen molar-refractivity contribution >= 4 is 11.8 Å². The molecule has 0 aliphatic rings. The number of benzene rings is 1. The molecule has 1 aromatic carbocycles. The summed E-state index contributed by atoms with van der Waals surface area (Å²) in [6, 6.07) is 9.18. The van der Waals surface area contributed by atoms with Crippen LogP contribution >= 0.6 is 0 Å². The molecule has 7 heteroatoms. The number of carboxylic acids is 1. The van der Waals surface area contributed by atoms with E-state index in [9.17, 15) is 10.1 Å². The van der Waals surface area contributed by atoms with Crippen LogP contribution in [0.2, 0.25) is 0 Å². The number of nitrogens with two attached hydrogens (primary N) is 1. The Morgan fingerprint density at radius 3 is 2.57 bits per heavy atom. The van der Waals surface area contributed by atoms with Gasteiger partial charge in [0, 0.05) is 17.2 Å². The summed E-state index contributed by atoms with van der Waals surface area (Å²) in [6.45, 7) is 6.42. The highest BCUT2D eigenvalue weighted by molar-refractivity contribution is 5.77. The van der Waals surface area contributed by atoms with Gasteiger partial charge in [-0.1, -0.05) is 26.8 Å². The Kier molecular flexibility index (Phi) is 6.83. The van der Waals surface area contributed by atoms with Crippen molar-refractivity contribution in [1.82, 2.24) is 4.98 Å². The largest absolute Gasteiger partial charge is 0.493 e. The van der Waals surface area contributed by atoms with Crippen molar-refractivity contribution in [2.45, 2.75) is 33.1 Å². The lowest BCUT2D eigenvalue weighted by molar-refractivity contribution is -0.137. The van der Waals surface area contributed by atoms with E-state index in [2.05, 4.69) is 24.9 Å². The number of nitrogens with zero attached hydrogens (tertiary/aromatic N) is 2. The van der Waals surface area contributed by atoms with Crippen LogP contribution in [0.1, 0.15) is 44.4 Å². The molecule has 0 aliphatic heterocycles. The lowest BCUT2D eigenvalue weighted by atomic mass is 9.95. The van der Waals surface area contributed by atoms with E-state index in [0.29, 0.717) is 40.8 Å². The molecule has 1 heterocycles. The minimum Gasteiger partial charge on any atom is -0.493 e. The number of methoxy groups -OCH3 is 1. The fraction of sp³-hybridized carbons (Fsp3) is 0.381. The maximum absolute atomic E-state index is 11.0. The number of aromatic nitrogens is 1. The van der Waals surface area contributed by atoms with Gasteiger partial charge in [-0.25, -0.2) is 4.98 Å². The number of aliphatic carboxylic acids is 1. The summed E-state index contributed by atoms with van der Waals surface area (Å²) in [5, 5.41) is 18.6. The Bertz CT molecular complexity index is 903. The second kappa shape index (κ2) is 9.09. The zero-order chi connectivity index (χ0) is 20.8. The van der Waals surface area contributed by atoms with E-state index in [4.69, 9.17) is 20.3 Å². The number of nitrogen functional groups attached to an aromatic ring is 1. The van der Waals surface area contributed by atoms with Crippen molar-refractivity contribution in [2.75, 3.05) is 19.5 Å². The minimum atomic E-state index is -0.924. The molecular weight excluding hydrogens is 358 g/mol. The number of carboxylic acid groups (broad SMARTS) is 1. The Morgan fingerprint density at radius 2 is 2.00 bits per heavy atom. The maximum Gasteiger partial charge on any atom is 0.304 e. The molecule has 0 saturated heterocycles. The van der Waals surface area contributed by atoms with Crippen LogP contribution in [0.3, 0.4) is 0 Å². The molecule has 148 valence electrons. The van der Waals surface area contributed by atoms with Crippen LogP contribution in [-0.4, -0.2) is 29.8 Å². The van der Waals surface area contributed by atoms with Crippen molar-refractivity contribution in [3.8, 4) is 28.7 Å². The summed E-state index contributed by atoms with van der Waals surface area (Å²) in [6.07, 6.45) is -0.0803. The van der Waals surface area contributed by atoms with Crippen molar-refractivity contribution in [3.63, 3.8) is 0 Å². The minimum absolute atomic E-state index is 0.0753. The summed E-state index contributed by atoms with van der Waals surface area (Å²) in [4.78, 5) is 15.3. The quantitative estimate of drug-likeness (QED) is 0.711. The monoisotopic (exact) mass is 383 g/mol. The number of ether oxygens (including phenoxy) is 2. The summed E-state index contributed by atoms with van der Waals surface area (Å²) < 4.78 is 11.2. The number of rotatable bonds is 8. The summed E-state index contributed by atoms with van der Waals surface area (Å²) in [5.74, 6) is 0.325. The Hall–Kier alpha value is -3.27. The fourth-order valence-corrected chi connectivity index (χ4v) is 2.76. The van der Waals surface area contributed by atoms with Gasteiger partial charge in [-0.2, -0.15) is 5.26 Å². The van der Waals surface area contributed by atoms with Gasteiger partial charge in [-0.15, -0.1) is 0 Å². The fourth-order valence-electron chi connectivity index (χ4n) is 2.76. The van der Waals surface area contributed by atoms with Crippen molar-refractivity contribution in [2.24, 2.45) is 5.92 Å². The summed E-state index contributed by atoms with van der Waals surface area (Å²) in [5.41, 5.74) is 8.04. The van der Waals surface area contributed by atoms with Gasteiger partial charge in [0.15, 0.2) is 11.5 Å². The molecule has 28 heavy (non-hydrogen) atoms. The third-order valence-corrected chi connectivity index (χ3v) is 4.21. The first-order valence-electron chi connectivity index (χ1n) is 9.00. The lowest BCUT2D eigenvalue weighted by Gasteiger charge is -2.16. The van der Waals surface area contributed by atoms with E-state index >= 15 is 0 Å².